The zero-order chi connectivity index (χ0) is 19.2. The van der Waals surface area contributed by atoms with Crippen LogP contribution in [0.15, 0.2) is 53.1 Å². The van der Waals surface area contributed by atoms with Crippen LogP contribution in [0.1, 0.15) is 26.6 Å². The second-order valence-corrected chi connectivity index (χ2v) is 6.19. The average Bonchev–Trinajstić information content (AvgIpc) is 3.15. The Morgan fingerprint density at radius 3 is 2.52 bits per heavy atom. The Morgan fingerprint density at radius 1 is 1.04 bits per heavy atom. The van der Waals surface area contributed by atoms with Crippen LogP contribution >= 0.6 is 11.6 Å². The maximum atomic E-state index is 12.1. The topological polar surface area (TPSA) is 97.1 Å². The molecule has 138 valence electrons. The summed E-state index contributed by atoms with van der Waals surface area (Å²) in [7, 11) is 0. The fourth-order valence-corrected chi connectivity index (χ4v) is 2.61. The van der Waals surface area contributed by atoms with Gasteiger partial charge in [-0.25, -0.2) is 0 Å². The lowest BCUT2D eigenvalue weighted by molar-refractivity contribution is 0.0898. The minimum absolute atomic E-state index is 0.135. The number of aromatic nitrogens is 2. The van der Waals surface area contributed by atoms with Crippen LogP contribution in [-0.2, 0) is 0 Å². The molecular formula is C19H17ClN4O3. The van der Waals surface area contributed by atoms with Crippen LogP contribution in [0.5, 0.6) is 0 Å². The molecule has 0 aliphatic carbocycles. The van der Waals surface area contributed by atoms with Crippen LogP contribution in [-0.4, -0.2) is 35.0 Å². The molecule has 0 saturated carbocycles. The third kappa shape index (κ3) is 4.71. The Labute approximate surface area is 160 Å². The molecule has 0 aliphatic rings. The first kappa shape index (κ1) is 18.6. The highest BCUT2D eigenvalue weighted by Gasteiger charge is 2.16. The average molecular weight is 385 g/mol. The molecule has 8 heteroatoms. The van der Waals surface area contributed by atoms with E-state index in [1.807, 2.05) is 31.2 Å². The largest absolute Gasteiger partial charge is 0.350 e. The SMILES string of the molecule is Cc1cccc(-c2noc(C(=O)NCCNC(=O)c3ccccc3Cl)n2)c1. The van der Waals surface area contributed by atoms with Crippen molar-refractivity contribution in [2.75, 3.05) is 13.1 Å². The number of halogens is 1. The molecule has 2 aromatic carbocycles. The van der Waals surface area contributed by atoms with Crippen molar-refractivity contribution in [3.63, 3.8) is 0 Å². The van der Waals surface area contributed by atoms with Gasteiger partial charge in [0.25, 0.3) is 5.91 Å². The Bertz CT molecular complexity index is 971. The second-order valence-electron chi connectivity index (χ2n) is 5.78. The summed E-state index contributed by atoms with van der Waals surface area (Å²) in [6, 6.07) is 14.3. The van der Waals surface area contributed by atoms with Gasteiger partial charge in [-0.3, -0.25) is 9.59 Å². The molecule has 1 heterocycles. The van der Waals surface area contributed by atoms with Gasteiger partial charge in [-0.1, -0.05) is 52.7 Å². The highest BCUT2D eigenvalue weighted by atomic mass is 35.5. The van der Waals surface area contributed by atoms with Gasteiger partial charge in [-0.2, -0.15) is 4.98 Å². The van der Waals surface area contributed by atoms with Crippen LogP contribution in [0.3, 0.4) is 0 Å². The number of nitrogens with one attached hydrogen (secondary N) is 2. The van der Waals surface area contributed by atoms with Crippen LogP contribution in [0.2, 0.25) is 5.02 Å². The zero-order valence-corrected chi connectivity index (χ0v) is 15.3. The third-order valence-corrected chi connectivity index (χ3v) is 4.04. The number of hydrogen-bond acceptors (Lipinski definition) is 5. The summed E-state index contributed by atoms with van der Waals surface area (Å²) in [5.41, 5.74) is 2.20. The normalized spacial score (nSPS) is 10.4. The van der Waals surface area contributed by atoms with Gasteiger partial charge < -0.3 is 15.2 Å². The summed E-state index contributed by atoms with van der Waals surface area (Å²) in [6.45, 7) is 2.39. The summed E-state index contributed by atoms with van der Waals surface area (Å²) in [5.74, 6) is -0.609. The molecule has 2 N–H and O–H groups in total. The number of hydrogen-bond donors (Lipinski definition) is 2. The Morgan fingerprint density at radius 2 is 1.78 bits per heavy atom. The molecule has 7 nitrogen and oxygen atoms in total. The van der Waals surface area contributed by atoms with E-state index in [0.29, 0.717) is 16.4 Å². The molecule has 0 bridgehead atoms. The number of carbonyl (C=O) groups is 2. The molecule has 1 aromatic heterocycles. The van der Waals surface area contributed by atoms with Crippen molar-refractivity contribution in [1.29, 1.82) is 0 Å². The van der Waals surface area contributed by atoms with Gasteiger partial charge in [0.15, 0.2) is 0 Å². The molecule has 0 fully saturated rings. The van der Waals surface area contributed by atoms with Gasteiger partial charge in [-0.05, 0) is 25.1 Å². The van der Waals surface area contributed by atoms with Gasteiger partial charge in [0.2, 0.25) is 5.82 Å². The fraction of sp³-hybridized carbons (Fsp3) is 0.158. The lowest BCUT2D eigenvalue weighted by Gasteiger charge is -2.06. The highest BCUT2D eigenvalue weighted by Crippen LogP contribution is 2.17. The first-order valence-corrected chi connectivity index (χ1v) is 8.64. The number of aryl methyl sites for hydroxylation is 1. The first-order valence-electron chi connectivity index (χ1n) is 8.26. The third-order valence-electron chi connectivity index (χ3n) is 3.71. The lowest BCUT2D eigenvalue weighted by atomic mass is 10.1. The molecule has 0 saturated heterocycles. The minimum Gasteiger partial charge on any atom is -0.350 e. The van der Waals surface area contributed by atoms with Crippen molar-refractivity contribution in [2.45, 2.75) is 6.92 Å². The standard InChI is InChI=1S/C19H17ClN4O3/c1-12-5-4-6-13(11-12)16-23-19(27-24-16)18(26)22-10-9-21-17(25)14-7-2-3-8-15(14)20/h2-8,11H,9-10H2,1H3,(H,21,25)(H,22,26). The molecule has 3 rings (SSSR count). The molecule has 0 spiro atoms. The summed E-state index contributed by atoms with van der Waals surface area (Å²) >= 11 is 5.97. The van der Waals surface area contributed by atoms with E-state index < -0.39 is 5.91 Å². The quantitative estimate of drug-likeness (QED) is 0.637. The lowest BCUT2D eigenvalue weighted by Crippen LogP contribution is -2.34. The molecule has 2 amide bonds. The predicted octanol–water partition coefficient (Wildman–Crippen LogP) is 2.86. The van der Waals surface area contributed by atoms with E-state index in [1.54, 1.807) is 24.3 Å². The second kappa shape index (κ2) is 8.46. The fourth-order valence-electron chi connectivity index (χ4n) is 2.39. The molecule has 0 atom stereocenters. The van der Waals surface area contributed by atoms with Gasteiger partial charge >= 0.3 is 11.8 Å². The minimum atomic E-state index is -0.506. The molecule has 0 aliphatic heterocycles. The molecule has 0 radical (unpaired) electrons. The van der Waals surface area contributed by atoms with Crippen molar-refractivity contribution >= 4 is 23.4 Å². The number of carbonyl (C=O) groups excluding carboxylic acids is 2. The molecule has 0 unspecified atom stereocenters. The Kier molecular flexibility index (Phi) is 5.83. The van der Waals surface area contributed by atoms with Crippen molar-refractivity contribution in [3.8, 4) is 11.4 Å². The maximum absolute atomic E-state index is 12.1. The van der Waals surface area contributed by atoms with E-state index in [4.69, 9.17) is 16.1 Å². The van der Waals surface area contributed by atoms with E-state index in [0.717, 1.165) is 11.1 Å². The predicted molar refractivity (Wildman–Crippen MR) is 101 cm³/mol. The number of rotatable bonds is 6. The van der Waals surface area contributed by atoms with Crippen LogP contribution in [0.25, 0.3) is 11.4 Å². The van der Waals surface area contributed by atoms with Crippen LogP contribution in [0, 0.1) is 6.92 Å². The Hall–Kier alpha value is -3.19. The van der Waals surface area contributed by atoms with Crippen LogP contribution < -0.4 is 10.6 Å². The number of benzene rings is 2. The monoisotopic (exact) mass is 384 g/mol. The van der Waals surface area contributed by atoms with E-state index in [1.165, 1.54) is 0 Å². The zero-order valence-electron chi connectivity index (χ0n) is 14.5. The van der Waals surface area contributed by atoms with Gasteiger partial charge in [-0.15, -0.1) is 0 Å². The van der Waals surface area contributed by atoms with Crippen molar-refractivity contribution in [2.24, 2.45) is 0 Å². The smallest absolute Gasteiger partial charge is 0.316 e. The van der Waals surface area contributed by atoms with Crippen molar-refractivity contribution < 1.29 is 14.1 Å². The highest BCUT2D eigenvalue weighted by molar-refractivity contribution is 6.33. The van der Waals surface area contributed by atoms with Gasteiger partial charge in [0.05, 0.1) is 10.6 Å². The van der Waals surface area contributed by atoms with Crippen molar-refractivity contribution in [1.82, 2.24) is 20.8 Å². The summed E-state index contributed by atoms with van der Waals surface area (Å²) in [6.07, 6.45) is 0. The molecular weight excluding hydrogens is 368 g/mol. The number of amides is 2. The van der Waals surface area contributed by atoms with E-state index >= 15 is 0 Å². The Balaban J connectivity index is 1.50. The van der Waals surface area contributed by atoms with E-state index in [-0.39, 0.29) is 24.9 Å². The summed E-state index contributed by atoms with van der Waals surface area (Å²) in [4.78, 5) is 28.2. The summed E-state index contributed by atoms with van der Waals surface area (Å²) < 4.78 is 5.01. The van der Waals surface area contributed by atoms with E-state index in [2.05, 4.69) is 20.8 Å². The summed E-state index contributed by atoms with van der Waals surface area (Å²) in [5, 5.41) is 9.48. The molecule has 27 heavy (non-hydrogen) atoms. The first-order chi connectivity index (χ1) is 13.0. The van der Waals surface area contributed by atoms with E-state index in [9.17, 15) is 9.59 Å². The van der Waals surface area contributed by atoms with Gasteiger partial charge in [0.1, 0.15) is 0 Å². The van der Waals surface area contributed by atoms with Crippen LogP contribution in [0.4, 0.5) is 0 Å². The molecule has 3 aromatic rings. The van der Waals surface area contributed by atoms with Gasteiger partial charge in [0, 0.05) is 18.7 Å². The number of nitrogens with zero attached hydrogens (tertiary/aromatic N) is 2. The maximum Gasteiger partial charge on any atom is 0.316 e. The van der Waals surface area contributed by atoms with Crippen molar-refractivity contribution in [3.05, 3.63) is 70.6 Å².